The van der Waals surface area contributed by atoms with E-state index in [0.717, 1.165) is 33.0 Å². The molecule has 0 bridgehead atoms. The second kappa shape index (κ2) is 5.30. The maximum atomic E-state index is 7.07. The van der Waals surface area contributed by atoms with Crippen LogP contribution in [0.25, 0.3) is 32.1 Å². The summed E-state index contributed by atoms with van der Waals surface area (Å²) in [6.07, 6.45) is 3.44. The van der Waals surface area contributed by atoms with Crippen molar-refractivity contribution in [1.82, 2.24) is 19.7 Å². The van der Waals surface area contributed by atoms with Crippen LogP contribution in [0.2, 0.25) is 0 Å². The molecule has 0 aliphatic heterocycles. The predicted octanol–water partition coefficient (Wildman–Crippen LogP) is 4.40. The van der Waals surface area contributed by atoms with E-state index < -0.39 is 0 Å². The van der Waals surface area contributed by atoms with Gasteiger partial charge in [0.2, 0.25) is 0 Å². The maximum Gasteiger partial charge on any atom is 0.260 e. The standard InChI is InChI=1S/C17H11N5S/c1-11-4-3-5-15(21-11)22-14-8-12(6-7-13(14)9-20-22)17-19-10-16(18-2)23-17/h3-10H,1H3. The quantitative estimate of drug-likeness (QED) is 0.515. The number of aromatic nitrogens is 4. The van der Waals surface area contributed by atoms with E-state index in [1.165, 1.54) is 11.3 Å². The van der Waals surface area contributed by atoms with Crippen LogP contribution in [0, 0.1) is 13.5 Å². The van der Waals surface area contributed by atoms with Gasteiger partial charge in [0.25, 0.3) is 5.00 Å². The van der Waals surface area contributed by atoms with Gasteiger partial charge in [-0.2, -0.15) is 5.10 Å². The molecular weight excluding hydrogens is 306 g/mol. The van der Waals surface area contributed by atoms with Crippen molar-refractivity contribution in [3.8, 4) is 16.4 Å². The molecule has 0 unspecified atom stereocenters. The first-order chi connectivity index (χ1) is 11.2. The van der Waals surface area contributed by atoms with Crippen molar-refractivity contribution in [1.29, 1.82) is 0 Å². The highest BCUT2D eigenvalue weighted by molar-refractivity contribution is 7.19. The van der Waals surface area contributed by atoms with Crippen LogP contribution in [0.3, 0.4) is 0 Å². The first kappa shape index (κ1) is 13.6. The lowest BCUT2D eigenvalue weighted by atomic mass is 10.2. The Labute approximate surface area is 136 Å². The molecule has 4 aromatic rings. The zero-order chi connectivity index (χ0) is 15.8. The highest BCUT2D eigenvalue weighted by atomic mass is 32.1. The highest BCUT2D eigenvalue weighted by Gasteiger charge is 2.10. The topological polar surface area (TPSA) is 48.0 Å². The summed E-state index contributed by atoms with van der Waals surface area (Å²) >= 11 is 1.39. The van der Waals surface area contributed by atoms with E-state index in [1.54, 1.807) is 6.20 Å². The fraction of sp³-hybridized carbons (Fsp3) is 0.0588. The molecule has 1 aromatic carbocycles. The minimum absolute atomic E-state index is 0.592. The molecule has 0 atom stereocenters. The molecule has 0 fully saturated rings. The van der Waals surface area contributed by atoms with E-state index in [1.807, 2.05) is 54.2 Å². The molecule has 23 heavy (non-hydrogen) atoms. The van der Waals surface area contributed by atoms with Gasteiger partial charge >= 0.3 is 0 Å². The van der Waals surface area contributed by atoms with Crippen molar-refractivity contribution >= 4 is 27.2 Å². The summed E-state index contributed by atoms with van der Waals surface area (Å²) in [6.45, 7) is 9.03. The minimum atomic E-state index is 0.592. The predicted molar refractivity (Wildman–Crippen MR) is 91.0 cm³/mol. The van der Waals surface area contributed by atoms with Gasteiger partial charge in [0.1, 0.15) is 5.01 Å². The normalized spacial score (nSPS) is 10.8. The number of aryl methyl sites for hydroxylation is 1. The summed E-state index contributed by atoms with van der Waals surface area (Å²) in [5.74, 6) is 0.790. The van der Waals surface area contributed by atoms with Gasteiger partial charge in [0.05, 0.1) is 18.3 Å². The second-order valence-electron chi connectivity index (χ2n) is 5.08. The number of hydrogen-bond acceptors (Lipinski definition) is 4. The highest BCUT2D eigenvalue weighted by Crippen LogP contribution is 2.32. The first-order valence-corrected chi connectivity index (χ1v) is 7.82. The number of pyridine rings is 1. The lowest BCUT2D eigenvalue weighted by Gasteiger charge is -2.04. The number of rotatable bonds is 2. The third kappa shape index (κ3) is 2.37. The molecule has 6 heteroatoms. The van der Waals surface area contributed by atoms with E-state index in [-0.39, 0.29) is 0 Å². The molecule has 0 radical (unpaired) electrons. The van der Waals surface area contributed by atoms with Gasteiger partial charge in [-0.1, -0.05) is 18.2 Å². The van der Waals surface area contributed by atoms with Crippen LogP contribution >= 0.6 is 11.3 Å². The lowest BCUT2D eigenvalue weighted by Crippen LogP contribution is -1.99. The first-order valence-electron chi connectivity index (χ1n) is 7.00. The fourth-order valence-corrected chi connectivity index (χ4v) is 3.13. The fourth-order valence-electron chi connectivity index (χ4n) is 2.43. The molecule has 3 aromatic heterocycles. The van der Waals surface area contributed by atoms with Crippen molar-refractivity contribution in [3.05, 3.63) is 65.9 Å². The van der Waals surface area contributed by atoms with Crippen molar-refractivity contribution in [2.24, 2.45) is 0 Å². The Bertz CT molecular complexity index is 1050. The Morgan fingerprint density at radius 2 is 2.09 bits per heavy atom. The monoisotopic (exact) mass is 317 g/mol. The van der Waals surface area contributed by atoms with Gasteiger partial charge in [-0.3, -0.25) is 4.98 Å². The van der Waals surface area contributed by atoms with Crippen LogP contribution in [0.15, 0.2) is 48.8 Å². The molecule has 0 saturated carbocycles. The Morgan fingerprint density at radius 3 is 2.87 bits per heavy atom. The van der Waals surface area contributed by atoms with Gasteiger partial charge in [-0.05, 0) is 25.1 Å². The van der Waals surface area contributed by atoms with Crippen molar-refractivity contribution in [2.45, 2.75) is 6.92 Å². The molecule has 0 spiro atoms. The average molecular weight is 317 g/mol. The summed E-state index contributed by atoms with van der Waals surface area (Å²) in [7, 11) is 0. The van der Waals surface area contributed by atoms with Gasteiger partial charge in [0, 0.05) is 22.8 Å². The van der Waals surface area contributed by atoms with Crippen LogP contribution in [-0.4, -0.2) is 19.7 Å². The smallest absolute Gasteiger partial charge is 0.257 e. The minimum Gasteiger partial charge on any atom is -0.257 e. The molecule has 4 rings (SSSR count). The van der Waals surface area contributed by atoms with Crippen molar-refractivity contribution < 1.29 is 0 Å². The van der Waals surface area contributed by atoms with Crippen LogP contribution in [-0.2, 0) is 0 Å². The Balaban J connectivity index is 1.88. The van der Waals surface area contributed by atoms with Crippen LogP contribution in [0.1, 0.15) is 5.69 Å². The number of hydrogen-bond donors (Lipinski definition) is 0. The van der Waals surface area contributed by atoms with E-state index in [2.05, 4.69) is 19.9 Å². The van der Waals surface area contributed by atoms with Crippen molar-refractivity contribution in [3.63, 3.8) is 0 Å². The second-order valence-corrected chi connectivity index (χ2v) is 6.09. The zero-order valence-corrected chi connectivity index (χ0v) is 13.1. The molecule has 3 heterocycles. The Morgan fingerprint density at radius 1 is 1.17 bits per heavy atom. The Kier molecular flexibility index (Phi) is 3.14. The summed E-state index contributed by atoms with van der Waals surface area (Å²) in [5.41, 5.74) is 2.90. The van der Waals surface area contributed by atoms with Gasteiger partial charge in [0.15, 0.2) is 5.82 Å². The largest absolute Gasteiger partial charge is 0.260 e. The van der Waals surface area contributed by atoms with Crippen molar-refractivity contribution in [2.75, 3.05) is 0 Å². The molecule has 0 amide bonds. The number of benzene rings is 1. The Hall–Kier alpha value is -3.04. The molecule has 0 saturated heterocycles. The maximum absolute atomic E-state index is 7.07. The summed E-state index contributed by atoms with van der Waals surface area (Å²) in [5, 5.41) is 6.92. The van der Waals surface area contributed by atoms with Gasteiger partial charge in [-0.15, -0.1) is 11.3 Å². The summed E-state index contributed by atoms with van der Waals surface area (Å²) in [6, 6.07) is 11.9. The number of fused-ring (bicyclic) bond motifs is 1. The van der Waals surface area contributed by atoms with E-state index in [9.17, 15) is 0 Å². The van der Waals surface area contributed by atoms with Crippen LogP contribution in [0.5, 0.6) is 0 Å². The molecule has 0 aliphatic carbocycles. The molecule has 0 N–H and O–H groups in total. The van der Waals surface area contributed by atoms with Crippen LogP contribution in [0.4, 0.5) is 5.00 Å². The third-order valence-electron chi connectivity index (χ3n) is 3.51. The van der Waals surface area contributed by atoms with Gasteiger partial charge in [-0.25, -0.2) is 14.5 Å². The molecular formula is C17H11N5S. The number of thiazole rings is 1. The molecule has 0 aliphatic rings. The van der Waals surface area contributed by atoms with Gasteiger partial charge < -0.3 is 0 Å². The van der Waals surface area contributed by atoms with E-state index >= 15 is 0 Å². The average Bonchev–Trinajstić information content (AvgIpc) is 3.21. The number of nitrogens with zero attached hydrogens (tertiary/aromatic N) is 5. The SMILES string of the molecule is [C-]#[N+]c1cnc(-c2ccc3cnn(-c4cccc(C)n4)c3c2)s1. The van der Waals surface area contributed by atoms with E-state index in [0.29, 0.717) is 5.00 Å². The van der Waals surface area contributed by atoms with E-state index in [4.69, 9.17) is 6.57 Å². The summed E-state index contributed by atoms with van der Waals surface area (Å²) < 4.78 is 1.83. The third-order valence-corrected chi connectivity index (χ3v) is 4.45. The molecule has 5 nitrogen and oxygen atoms in total. The molecule has 110 valence electrons. The summed E-state index contributed by atoms with van der Waals surface area (Å²) in [4.78, 5) is 12.3. The zero-order valence-electron chi connectivity index (χ0n) is 12.3. The lowest BCUT2D eigenvalue weighted by molar-refractivity contribution is 0.867. The van der Waals surface area contributed by atoms with Crippen LogP contribution < -0.4 is 0 Å².